The number of rotatable bonds is 5. The van der Waals surface area contributed by atoms with Crippen molar-refractivity contribution in [1.29, 1.82) is 0 Å². The lowest BCUT2D eigenvalue weighted by Gasteiger charge is -2.17. The summed E-state index contributed by atoms with van der Waals surface area (Å²) in [7, 11) is 1.86. The van der Waals surface area contributed by atoms with Crippen LogP contribution in [0.2, 0.25) is 0 Å². The highest BCUT2D eigenvalue weighted by Crippen LogP contribution is 2.09. The van der Waals surface area contributed by atoms with Gasteiger partial charge in [-0.2, -0.15) is 5.10 Å². The maximum Gasteiger partial charge on any atom is 0.259 e. The number of hydrogen-bond donors (Lipinski definition) is 1. The number of carbonyl (C=O) groups is 1. The topological polar surface area (TPSA) is 57.8 Å². The molecule has 1 amide bonds. The molecule has 0 fully saturated rings. The summed E-state index contributed by atoms with van der Waals surface area (Å²) in [6.45, 7) is 2.09. The number of aryl methyl sites for hydroxylation is 1. The molecule has 2 rings (SSSR count). The number of nitrogens with one attached hydrogen (secondary N) is 1. The second-order valence-electron chi connectivity index (χ2n) is 4.43. The van der Waals surface area contributed by atoms with Gasteiger partial charge in [-0.25, -0.2) is 5.43 Å². The minimum Gasteiger partial charge on any atom is -0.460 e. The van der Waals surface area contributed by atoms with Crippen LogP contribution in [-0.2, 0) is 4.79 Å². The number of nitrogens with zero attached hydrogens (tertiary/aromatic N) is 2. The van der Waals surface area contributed by atoms with Gasteiger partial charge in [-0.3, -0.25) is 4.79 Å². The molecular weight excluding hydrogens is 254 g/mol. The Bertz CT molecular complexity index is 590. The van der Waals surface area contributed by atoms with Crippen LogP contribution in [0.5, 0.6) is 0 Å². The summed E-state index contributed by atoms with van der Waals surface area (Å²) in [6.07, 6.45) is 1.48. The Hall–Kier alpha value is -2.56. The molecule has 5 heteroatoms. The molecule has 0 atom stereocenters. The number of anilines is 1. The average molecular weight is 271 g/mol. The van der Waals surface area contributed by atoms with Crippen LogP contribution in [0.4, 0.5) is 5.69 Å². The van der Waals surface area contributed by atoms with Crippen LogP contribution in [0.15, 0.2) is 52.0 Å². The van der Waals surface area contributed by atoms with Crippen LogP contribution in [0, 0.1) is 6.92 Å². The molecule has 0 radical (unpaired) electrons. The van der Waals surface area contributed by atoms with Gasteiger partial charge in [0.1, 0.15) is 11.5 Å². The molecule has 1 aromatic carbocycles. The standard InChI is InChI=1S/C15H17N3O2/c1-12-8-9-14(20-12)10-16-17-15(19)11-18(2)13-6-4-3-5-7-13/h3-10H,11H2,1-2H3,(H,17,19)/b16-10+. The van der Waals surface area contributed by atoms with Crippen molar-refractivity contribution in [1.82, 2.24) is 5.43 Å². The number of amides is 1. The summed E-state index contributed by atoms with van der Waals surface area (Å²) in [5, 5.41) is 3.86. The SMILES string of the molecule is Cc1ccc(/C=N/NC(=O)CN(C)c2ccccc2)o1. The lowest BCUT2D eigenvalue weighted by atomic mass is 10.3. The van der Waals surface area contributed by atoms with E-state index < -0.39 is 0 Å². The predicted molar refractivity (Wildman–Crippen MR) is 78.9 cm³/mol. The second kappa shape index (κ2) is 6.56. The monoisotopic (exact) mass is 271 g/mol. The number of furan rings is 1. The van der Waals surface area contributed by atoms with Gasteiger partial charge in [-0.1, -0.05) is 18.2 Å². The average Bonchev–Trinajstić information content (AvgIpc) is 2.85. The third-order valence-electron chi connectivity index (χ3n) is 2.72. The van der Waals surface area contributed by atoms with Crippen LogP contribution in [0.3, 0.4) is 0 Å². The first-order valence-electron chi connectivity index (χ1n) is 6.29. The number of carbonyl (C=O) groups excluding carboxylic acids is 1. The number of para-hydroxylation sites is 1. The second-order valence-corrected chi connectivity index (χ2v) is 4.43. The quantitative estimate of drug-likeness (QED) is 0.670. The summed E-state index contributed by atoms with van der Waals surface area (Å²) in [4.78, 5) is 13.6. The molecule has 0 bridgehead atoms. The van der Waals surface area contributed by atoms with Crippen LogP contribution in [0.25, 0.3) is 0 Å². The summed E-state index contributed by atoms with van der Waals surface area (Å²) in [6, 6.07) is 13.3. The third-order valence-corrected chi connectivity index (χ3v) is 2.72. The van der Waals surface area contributed by atoms with E-state index in [-0.39, 0.29) is 12.5 Å². The molecule has 20 heavy (non-hydrogen) atoms. The van der Waals surface area contributed by atoms with E-state index >= 15 is 0 Å². The highest BCUT2D eigenvalue weighted by molar-refractivity contribution is 5.83. The number of hydrogen-bond acceptors (Lipinski definition) is 4. The minimum atomic E-state index is -0.184. The molecule has 0 aliphatic rings. The van der Waals surface area contributed by atoms with Gasteiger partial charge >= 0.3 is 0 Å². The first-order chi connectivity index (χ1) is 9.65. The maximum absolute atomic E-state index is 11.7. The van der Waals surface area contributed by atoms with E-state index in [0.29, 0.717) is 5.76 Å². The van der Waals surface area contributed by atoms with E-state index in [4.69, 9.17) is 4.42 Å². The molecule has 0 unspecified atom stereocenters. The van der Waals surface area contributed by atoms with E-state index in [2.05, 4.69) is 10.5 Å². The van der Waals surface area contributed by atoms with Crippen LogP contribution < -0.4 is 10.3 Å². The maximum atomic E-state index is 11.7. The molecule has 1 aromatic heterocycles. The summed E-state index contributed by atoms with van der Waals surface area (Å²) < 4.78 is 5.30. The van der Waals surface area contributed by atoms with E-state index in [1.165, 1.54) is 6.21 Å². The zero-order valence-corrected chi connectivity index (χ0v) is 11.5. The van der Waals surface area contributed by atoms with Crippen LogP contribution in [-0.4, -0.2) is 25.7 Å². The number of likely N-dealkylation sites (N-methyl/N-ethyl adjacent to an activating group) is 1. The predicted octanol–water partition coefficient (Wildman–Crippen LogP) is 2.17. The Morgan fingerprint density at radius 2 is 2.05 bits per heavy atom. The minimum absolute atomic E-state index is 0.184. The van der Waals surface area contributed by atoms with Crippen molar-refractivity contribution < 1.29 is 9.21 Å². The van der Waals surface area contributed by atoms with Gasteiger partial charge in [0.15, 0.2) is 0 Å². The smallest absolute Gasteiger partial charge is 0.259 e. The molecule has 0 spiro atoms. The van der Waals surface area contributed by atoms with E-state index in [9.17, 15) is 4.79 Å². The largest absolute Gasteiger partial charge is 0.460 e. The van der Waals surface area contributed by atoms with Gasteiger partial charge in [0.2, 0.25) is 0 Å². The fourth-order valence-corrected chi connectivity index (χ4v) is 1.72. The Morgan fingerprint density at radius 1 is 1.30 bits per heavy atom. The Labute approximate surface area is 117 Å². The van der Waals surface area contributed by atoms with Crippen molar-refractivity contribution in [2.75, 3.05) is 18.5 Å². The first kappa shape index (κ1) is 13.9. The lowest BCUT2D eigenvalue weighted by Crippen LogP contribution is -2.32. The zero-order chi connectivity index (χ0) is 14.4. The van der Waals surface area contributed by atoms with Crippen molar-refractivity contribution in [3.63, 3.8) is 0 Å². The summed E-state index contributed by atoms with van der Waals surface area (Å²) in [5.41, 5.74) is 3.45. The van der Waals surface area contributed by atoms with Gasteiger partial charge in [-0.05, 0) is 31.2 Å². The van der Waals surface area contributed by atoms with E-state index in [1.807, 2.05) is 55.3 Å². The summed E-state index contributed by atoms with van der Waals surface area (Å²) in [5.74, 6) is 1.23. The Kier molecular flexibility index (Phi) is 4.55. The van der Waals surface area contributed by atoms with Crippen molar-refractivity contribution in [2.45, 2.75) is 6.92 Å². The molecule has 0 saturated carbocycles. The van der Waals surface area contributed by atoms with Crippen molar-refractivity contribution in [3.05, 3.63) is 54.0 Å². The Balaban J connectivity index is 1.82. The molecule has 0 aliphatic carbocycles. The van der Waals surface area contributed by atoms with Crippen molar-refractivity contribution in [2.24, 2.45) is 5.10 Å². The van der Waals surface area contributed by atoms with E-state index in [0.717, 1.165) is 11.4 Å². The van der Waals surface area contributed by atoms with Crippen molar-refractivity contribution >= 4 is 17.8 Å². The molecule has 0 aliphatic heterocycles. The third kappa shape index (κ3) is 3.98. The van der Waals surface area contributed by atoms with Crippen LogP contribution >= 0.6 is 0 Å². The molecule has 2 aromatic rings. The van der Waals surface area contributed by atoms with Crippen molar-refractivity contribution in [3.8, 4) is 0 Å². The number of hydrazone groups is 1. The fourth-order valence-electron chi connectivity index (χ4n) is 1.72. The van der Waals surface area contributed by atoms with Crippen LogP contribution in [0.1, 0.15) is 11.5 Å². The normalized spacial score (nSPS) is 10.7. The van der Waals surface area contributed by atoms with Gasteiger partial charge < -0.3 is 9.32 Å². The van der Waals surface area contributed by atoms with Gasteiger partial charge in [0.25, 0.3) is 5.91 Å². The molecule has 5 nitrogen and oxygen atoms in total. The molecule has 1 heterocycles. The first-order valence-corrected chi connectivity index (χ1v) is 6.29. The lowest BCUT2D eigenvalue weighted by molar-refractivity contribution is -0.119. The highest BCUT2D eigenvalue weighted by Gasteiger charge is 2.05. The van der Waals surface area contributed by atoms with Gasteiger partial charge in [0, 0.05) is 12.7 Å². The van der Waals surface area contributed by atoms with Gasteiger partial charge in [-0.15, -0.1) is 0 Å². The highest BCUT2D eigenvalue weighted by atomic mass is 16.3. The van der Waals surface area contributed by atoms with E-state index in [1.54, 1.807) is 6.07 Å². The molecule has 1 N–H and O–H groups in total. The van der Waals surface area contributed by atoms with Gasteiger partial charge in [0.05, 0.1) is 12.8 Å². The Morgan fingerprint density at radius 3 is 2.70 bits per heavy atom. The zero-order valence-electron chi connectivity index (χ0n) is 11.5. The fraction of sp³-hybridized carbons (Fsp3) is 0.200. The number of benzene rings is 1. The molecular formula is C15H17N3O2. The summed E-state index contributed by atoms with van der Waals surface area (Å²) >= 11 is 0. The molecule has 104 valence electrons. The molecule has 0 saturated heterocycles.